The van der Waals surface area contributed by atoms with Crippen molar-refractivity contribution in [3.63, 3.8) is 0 Å². The minimum atomic E-state index is -1.13. The van der Waals surface area contributed by atoms with Crippen LogP contribution >= 0.6 is 11.6 Å². The molecule has 0 saturated carbocycles. The minimum Gasteiger partial charge on any atom is -0.478 e. The Bertz CT molecular complexity index is 371. The van der Waals surface area contributed by atoms with E-state index < -0.39 is 5.97 Å². The molecule has 3 nitrogen and oxygen atoms in total. The van der Waals surface area contributed by atoms with Crippen LogP contribution in [-0.2, 0) is 0 Å². The summed E-state index contributed by atoms with van der Waals surface area (Å²) in [6, 6.07) is 4.17. The molecule has 0 unspecified atom stereocenters. The lowest BCUT2D eigenvalue weighted by Gasteiger charge is -2.00. The third-order valence-corrected chi connectivity index (χ3v) is 1.93. The topological polar surface area (TPSA) is 54.4 Å². The van der Waals surface area contributed by atoms with Crippen LogP contribution in [0.5, 0.6) is 0 Å². The zero-order valence-corrected chi connectivity index (χ0v) is 7.63. The van der Waals surface area contributed by atoms with Crippen LogP contribution in [0.4, 0.5) is 0 Å². The first kappa shape index (κ1) is 9.74. The van der Waals surface area contributed by atoms with Crippen molar-refractivity contribution in [2.75, 3.05) is 0 Å². The maximum atomic E-state index is 10.9. The van der Waals surface area contributed by atoms with Gasteiger partial charge in [0.25, 0.3) is 0 Å². The lowest BCUT2D eigenvalue weighted by atomic mass is 10.1. The van der Waals surface area contributed by atoms with E-state index in [0.29, 0.717) is 5.56 Å². The van der Waals surface area contributed by atoms with Crippen molar-refractivity contribution >= 4 is 23.4 Å². The lowest BCUT2D eigenvalue weighted by Crippen LogP contribution is -2.00. The molecule has 1 rings (SSSR count). The highest BCUT2D eigenvalue weighted by Gasteiger charge is 2.10. The van der Waals surface area contributed by atoms with Crippen molar-refractivity contribution in [3.8, 4) is 0 Å². The Morgan fingerprint density at radius 2 is 2.00 bits per heavy atom. The molecule has 13 heavy (non-hydrogen) atoms. The van der Waals surface area contributed by atoms with Crippen molar-refractivity contribution in [1.29, 1.82) is 0 Å². The standard InChI is InChI=1S/C9H7ClO3/c1-5(11)6-2-3-8(10)7(4-6)9(12)13/h2-4H,1H3,(H,12,13). The molecule has 1 N–H and O–H groups in total. The monoisotopic (exact) mass is 198 g/mol. The van der Waals surface area contributed by atoms with Gasteiger partial charge in [-0.15, -0.1) is 0 Å². The number of Topliss-reactive ketones (excluding diaryl/α,β-unsaturated/α-hetero) is 1. The summed E-state index contributed by atoms with van der Waals surface area (Å²) in [5.41, 5.74) is 0.302. The summed E-state index contributed by atoms with van der Waals surface area (Å²) in [6.45, 7) is 1.37. The summed E-state index contributed by atoms with van der Waals surface area (Å²) in [7, 11) is 0. The molecule has 0 atom stereocenters. The quantitative estimate of drug-likeness (QED) is 0.742. The molecule has 0 spiro atoms. The van der Waals surface area contributed by atoms with E-state index in [1.807, 2.05) is 0 Å². The first-order valence-corrected chi connectivity index (χ1v) is 3.94. The number of carboxylic acid groups (broad SMARTS) is 1. The van der Waals surface area contributed by atoms with Crippen molar-refractivity contribution in [2.45, 2.75) is 6.92 Å². The van der Waals surface area contributed by atoms with E-state index >= 15 is 0 Å². The van der Waals surface area contributed by atoms with Gasteiger partial charge in [0.1, 0.15) is 0 Å². The van der Waals surface area contributed by atoms with Crippen molar-refractivity contribution < 1.29 is 14.7 Å². The molecule has 0 aliphatic rings. The van der Waals surface area contributed by atoms with E-state index in [1.54, 1.807) is 0 Å². The van der Waals surface area contributed by atoms with Gasteiger partial charge in [-0.2, -0.15) is 0 Å². The molecule has 68 valence electrons. The number of ketones is 1. The number of carbonyl (C=O) groups is 2. The van der Waals surface area contributed by atoms with Gasteiger partial charge >= 0.3 is 5.97 Å². The zero-order valence-electron chi connectivity index (χ0n) is 6.87. The molecule has 1 aromatic rings. The van der Waals surface area contributed by atoms with Crippen molar-refractivity contribution in [3.05, 3.63) is 34.3 Å². The van der Waals surface area contributed by atoms with Gasteiger partial charge in [0.2, 0.25) is 0 Å². The van der Waals surface area contributed by atoms with Gasteiger partial charge < -0.3 is 5.11 Å². The first-order chi connectivity index (χ1) is 6.02. The molecule has 0 fully saturated rings. The third kappa shape index (κ3) is 2.06. The van der Waals surface area contributed by atoms with Crippen molar-refractivity contribution in [2.24, 2.45) is 0 Å². The van der Waals surface area contributed by atoms with Crippen LogP contribution in [0, 0.1) is 0 Å². The third-order valence-electron chi connectivity index (χ3n) is 1.60. The fraction of sp³-hybridized carbons (Fsp3) is 0.111. The molecule has 0 aliphatic heterocycles. The minimum absolute atomic E-state index is 0.0469. The zero-order chi connectivity index (χ0) is 10.0. The van der Waals surface area contributed by atoms with Gasteiger partial charge in [-0.1, -0.05) is 11.6 Å². The molecule has 4 heteroatoms. The van der Waals surface area contributed by atoms with Gasteiger partial charge in [0, 0.05) is 5.56 Å². The Morgan fingerprint density at radius 3 is 2.46 bits per heavy atom. The van der Waals surface area contributed by atoms with E-state index in [1.165, 1.54) is 25.1 Å². The van der Waals surface area contributed by atoms with Crippen LogP contribution in [0.25, 0.3) is 0 Å². The van der Waals surface area contributed by atoms with E-state index in [-0.39, 0.29) is 16.4 Å². The van der Waals surface area contributed by atoms with Crippen LogP contribution in [-0.4, -0.2) is 16.9 Å². The number of hydrogen-bond donors (Lipinski definition) is 1. The Balaban J connectivity index is 3.27. The lowest BCUT2D eigenvalue weighted by molar-refractivity contribution is 0.0697. The summed E-state index contributed by atoms with van der Waals surface area (Å²) in [6.07, 6.45) is 0. The van der Waals surface area contributed by atoms with Crippen LogP contribution in [0.2, 0.25) is 5.02 Å². The van der Waals surface area contributed by atoms with E-state index in [4.69, 9.17) is 16.7 Å². The second-order valence-electron chi connectivity index (χ2n) is 2.56. The Kier molecular flexibility index (Phi) is 2.68. The number of carbonyl (C=O) groups excluding carboxylic acids is 1. The maximum Gasteiger partial charge on any atom is 0.337 e. The normalized spacial score (nSPS) is 9.69. The number of hydrogen-bond acceptors (Lipinski definition) is 2. The van der Waals surface area contributed by atoms with Gasteiger partial charge in [-0.25, -0.2) is 4.79 Å². The van der Waals surface area contributed by atoms with Crippen LogP contribution in [0.1, 0.15) is 27.6 Å². The van der Waals surface area contributed by atoms with Gasteiger partial charge in [-0.05, 0) is 25.1 Å². The SMILES string of the molecule is CC(=O)c1ccc(Cl)c(C(=O)O)c1. The molecule has 0 aliphatic carbocycles. The van der Waals surface area contributed by atoms with E-state index in [0.717, 1.165) is 0 Å². The summed E-state index contributed by atoms with van der Waals surface area (Å²) in [5.74, 6) is -1.31. The number of benzene rings is 1. The molecule has 0 heterocycles. The van der Waals surface area contributed by atoms with Gasteiger partial charge in [0.15, 0.2) is 5.78 Å². The Morgan fingerprint density at radius 1 is 1.38 bits per heavy atom. The summed E-state index contributed by atoms with van der Waals surface area (Å²) in [5, 5.41) is 8.81. The Hall–Kier alpha value is -1.35. The molecule has 0 aromatic heterocycles. The van der Waals surface area contributed by atoms with Gasteiger partial charge in [0.05, 0.1) is 10.6 Å². The highest BCUT2D eigenvalue weighted by Crippen LogP contribution is 2.17. The summed E-state index contributed by atoms with van der Waals surface area (Å²) < 4.78 is 0. The summed E-state index contributed by atoms with van der Waals surface area (Å²) >= 11 is 5.60. The average molecular weight is 199 g/mol. The van der Waals surface area contributed by atoms with Crippen LogP contribution in [0.15, 0.2) is 18.2 Å². The Labute approximate surface area is 79.9 Å². The number of halogens is 1. The molecule has 0 saturated heterocycles. The number of carboxylic acids is 1. The predicted molar refractivity (Wildman–Crippen MR) is 48.4 cm³/mol. The van der Waals surface area contributed by atoms with E-state index in [9.17, 15) is 9.59 Å². The molecule has 0 bridgehead atoms. The largest absolute Gasteiger partial charge is 0.478 e. The van der Waals surface area contributed by atoms with E-state index in [2.05, 4.69) is 0 Å². The molecule has 1 aromatic carbocycles. The molecular weight excluding hydrogens is 192 g/mol. The second-order valence-corrected chi connectivity index (χ2v) is 2.96. The molecular formula is C9H7ClO3. The highest BCUT2D eigenvalue weighted by atomic mass is 35.5. The number of rotatable bonds is 2. The molecule has 0 amide bonds. The molecule has 0 radical (unpaired) electrons. The van der Waals surface area contributed by atoms with Crippen LogP contribution in [0.3, 0.4) is 0 Å². The first-order valence-electron chi connectivity index (χ1n) is 3.56. The maximum absolute atomic E-state index is 10.9. The fourth-order valence-electron chi connectivity index (χ4n) is 0.908. The van der Waals surface area contributed by atoms with Gasteiger partial charge in [-0.3, -0.25) is 4.79 Å². The predicted octanol–water partition coefficient (Wildman–Crippen LogP) is 2.24. The summed E-state index contributed by atoms with van der Waals surface area (Å²) in [4.78, 5) is 21.5. The smallest absolute Gasteiger partial charge is 0.337 e. The average Bonchev–Trinajstić information content (AvgIpc) is 2.04. The second kappa shape index (κ2) is 3.58. The number of aromatic carboxylic acids is 1. The van der Waals surface area contributed by atoms with Crippen molar-refractivity contribution in [1.82, 2.24) is 0 Å². The highest BCUT2D eigenvalue weighted by molar-refractivity contribution is 6.33. The fourth-order valence-corrected chi connectivity index (χ4v) is 1.11. The van der Waals surface area contributed by atoms with Crippen LogP contribution < -0.4 is 0 Å².